The Hall–Kier alpha value is -3.45. The molecule has 3 nitrogen and oxygen atoms in total. The lowest BCUT2D eigenvalue weighted by atomic mass is 9.96. The molecule has 0 aliphatic heterocycles. The predicted molar refractivity (Wildman–Crippen MR) is 105 cm³/mol. The summed E-state index contributed by atoms with van der Waals surface area (Å²) in [4.78, 5) is 12.7. The summed E-state index contributed by atoms with van der Waals surface area (Å²) in [5.74, 6) is -1.20. The third kappa shape index (κ3) is 4.27. The molecule has 0 radical (unpaired) electrons. The van der Waals surface area contributed by atoms with E-state index in [-0.39, 0.29) is 5.56 Å². The Labute approximate surface area is 164 Å². The molecule has 0 amide bonds. The lowest BCUT2D eigenvalue weighted by Gasteiger charge is -2.23. The van der Waals surface area contributed by atoms with Gasteiger partial charge in [0.25, 0.3) is 0 Å². The zero-order chi connectivity index (χ0) is 20.0. The third-order valence-electron chi connectivity index (χ3n) is 4.57. The zero-order valence-electron chi connectivity index (χ0n) is 15.5. The van der Waals surface area contributed by atoms with Crippen molar-refractivity contribution in [2.24, 2.45) is 0 Å². The molecule has 0 aliphatic rings. The molecule has 3 aromatic carbocycles. The maximum atomic E-state index is 15.4. The lowest BCUT2D eigenvalue weighted by Crippen LogP contribution is -2.33. The molecule has 0 fully saturated rings. The maximum Gasteiger partial charge on any atom is 0.364 e. The first kappa shape index (κ1) is 19.3. The number of hydrogen-bond donors (Lipinski definition) is 0. The van der Waals surface area contributed by atoms with Gasteiger partial charge in [0.2, 0.25) is 0 Å². The van der Waals surface area contributed by atoms with Crippen molar-refractivity contribution < 1.29 is 13.9 Å². The fourth-order valence-electron chi connectivity index (χ4n) is 2.95. The number of benzene rings is 3. The van der Waals surface area contributed by atoms with Gasteiger partial charge < -0.3 is 4.74 Å². The minimum absolute atomic E-state index is 0.0304. The minimum atomic E-state index is -2.86. The number of carbonyl (C=O) groups excluding carboxylic acids is 1. The van der Waals surface area contributed by atoms with Crippen molar-refractivity contribution in [3.8, 4) is 6.07 Å². The molecular weight excluding hydrogens is 353 g/mol. The maximum absolute atomic E-state index is 15.4. The van der Waals surface area contributed by atoms with Gasteiger partial charge in [0.15, 0.2) is 0 Å². The normalized spacial score (nSPS) is 13.8. The van der Waals surface area contributed by atoms with Crippen LogP contribution in [0.15, 0.2) is 84.9 Å². The van der Waals surface area contributed by atoms with E-state index < -0.39 is 17.7 Å². The first-order chi connectivity index (χ1) is 13.5. The second-order valence-corrected chi connectivity index (χ2v) is 6.63. The molecule has 0 saturated carbocycles. The number of aryl methyl sites for hydroxylation is 1. The fourth-order valence-corrected chi connectivity index (χ4v) is 2.95. The van der Waals surface area contributed by atoms with Crippen LogP contribution in [0.25, 0.3) is 0 Å². The van der Waals surface area contributed by atoms with Crippen molar-refractivity contribution in [3.63, 3.8) is 0 Å². The Bertz CT molecular complexity index is 965. The molecule has 0 spiro atoms. The monoisotopic (exact) mass is 373 g/mol. The van der Waals surface area contributed by atoms with Gasteiger partial charge >= 0.3 is 11.6 Å². The smallest absolute Gasteiger partial charge is 0.364 e. The lowest BCUT2D eigenvalue weighted by molar-refractivity contribution is -0.160. The Morgan fingerprint density at radius 1 is 1.00 bits per heavy atom. The van der Waals surface area contributed by atoms with Crippen LogP contribution in [-0.2, 0) is 21.6 Å². The molecule has 3 aromatic rings. The molecule has 0 aliphatic carbocycles. The minimum Gasteiger partial charge on any atom is -0.454 e. The van der Waals surface area contributed by atoms with Crippen molar-refractivity contribution in [1.29, 1.82) is 5.26 Å². The average molecular weight is 373 g/mol. The molecule has 2 atom stereocenters. The third-order valence-corrected chi connectivity index (χ3v) is 4.57. The number of carbonyl (C=O) groups is 1. The van der Waals surface area contributed by atoms with Gasteiger partial charge in [-0.2, -0.15) is 5.26 Å². The van der Waals surface area contributed by atoms with Crippen molar-refractivity contribution in [3.05, 3.63) is 107 Å². The van der Waals surface area contributed by atoms with E-state index in [4.69, 9.17) is 4.74 Å². The molecule has 0 heterocycles. The van der Waals surface area contributed by atoms with E-state index in [1.165, 1.54) is 18.2 Å². The van der Waals surface area contributed by atoms with Crippen molar-refractivity contribution in [1.82, 2.24) is 0 Å². The van der Waals surface area contributed by atoms with E-state index in [0.717, 1.165) is 16.7 Å². The van der Waals surface area contributed by atoms with Crippen LogP contribution in [0.4, 0.5) is 4.39 Å². The van der Waals surface area contributed by atoms with E-state index >= 15 is 4.39 Å². The topological polar surface area (TPSA) is 50.1 Å². The Balaban J connectivity index is 1.89. The average Bonchev–Trinajstić information content (AvgIpc) is 2.74. The van der Waals surface area contributed by atoms with Gasteiger partial charge in [-0.15, -0.1) is 0 Å². The van der Waals surface area contributed by atoms with Crippen molar-refractivity contribution >= 4 is 5.97 Å². The molecule has 0 bridgehead atoms. The van der Waals surface area contributed by atoms with Crippen molar-refractivity contribution in [2.45, 2.75) is 25.1 Å². The van der Waals surface area contributed by atoms with Gasteiger partial charge in [-0.1, -0.05) is 90.5 Å². The number of ether oxygens (including phenoxy) is 1. The summed E-state index contributed by atoms with van der Waals surface area (Å²) < 4.78 is 20.9. The highest BCUT2D eigenvalue weighted by molar-refractivity contribution is 5.85. The summed E-state index contributed by atoms with van der Waals surface area (Å²) in [6, 6.07) is 26.3. The van der Waals surface area contributed by atoms with Crippen LogP contribution >= 0.6 is 0 Å². The number of halogens is 1. The Morgan fingerprint density at radius 2 is 1.57 bits per heavy atom. The molecular formula is C24H20FNO2. The summed E-state index contributed by atoms with van der Waals surface area (Å²) in [6.07, 6.45) is -0.323. The van der Waals surface area contributed by atoms with E-state index in [0.29, 0.717) is 6.42 Å². The van der Waals surface area contributed by atoms with Crippen LogP contribution in [0.1, 0.15) is 28.4 Å². The molecule has 0 aromatic heterocycles. The van der Waals surface area contributed by atoms with Crippen LogP contribution in [0, 0.1) is 18.3 Å². The van der Waals surface area contributed by atoms with Gasteiger partial charge in [0, 0.05) is 12.0 Å². The highest BCUT2D eigenvalue weighted by atomic mass is 19.1. The quantitative estimate of drug-likeness (QED) is 0.557. The van der Waals surface area contributed by atoms with Crippen LogP contribution < -0.4 is 0 Å². The van der Waals surface area contributed by atoms with Gasteiger partial charge in [0.05, 0.1) is 0 Å². The predicted octanol–water partition coefficient (Wildman–Crippen LogP) is 5.21. The molecule has 0 saturated heterocycles. The Morgan fingerprint density at radius 3 is 2.14 bits per heavy atom. The highest BCUT2D eigenvalue weighted by Gasteiger charge is 2.44. The molecule has 0 unspecified atom stereocenters. The number of alkyl halides is 1. The zero-order valence-corrected chi connectivity index (χ0v) is 15.5. The van der Waals surface area contributed by atoms with Gasteiger partial charge in [0.1, 0.15) is 12.2 Å². The Kier molecular flexibility index (Phi) is 5.86. The van der Waals surface area contributed by atoms with Crippen LogP contribution in [0.2, 0.25) is 0 Å². The van der Waals surface area contributed by atoms with Crippen LogP contribution in [0.5, 0.6) is 0 Å². The van der Waals surface area contributed by atoms with Crippen LogP contribution in [0.3, 0.4) is 0 Å². The summed E-state index contributed by atoms with van der Waals surface area (Å²) >= 11 is 0. The van der Waals surface area contributed by atoms with Crippen LogP contribution in [-0.4, -0.2) is 5.97 Å². The summed E-state index contributed by atoms with van der Waals surface area (Å²) in [5, 5.41) is 9.43. The molecule has 3 rings (SSSR count). The fraction of sp³-hybridized carbons (Fsp3) is 0.167. The largest absolute Gasteiger partial charge is 0.454 e. The number of nitriles is 1. The standard InChI is InChI=1S/C24H20FNO2/c1-18-12-14-21(15-13-18)24(25,17-26)23(27)28-22(20-10-6-3-7-11-20)16-19-8-4-2-5-9-19/h2-15,22H,16H2,1H3/t22-,24+/m0/s1. The first-order valence-corrected chi connectivity index (χ1v) is 9.00. The molecule has 4 heteroatoms. The number of hydrogen-bond acceptors (Lipinski definition) is 3. The van der Waals surface area contributed by atoms with E-state index in [1.807, 2.05) is 67.6 Å². The van der Waals surface area contributed by atoms with E-state index in [2.05, 4.69) is 0 Å². The SMILES string of the molecule is Cc1ccc([C@](F)(C#N)C(=O)O[C@@H](Cc2ccccc2)c2ccccc2)cc1. The number of esters is 1. The summed E-state index contributed by atoms with van der Waals surface area (Å²) in [5.41, 5.74) is -0.303. The number of rotatable bonds is 6. The molecule has 140 valence electrons. The van der Waals surface area contributed by atoms with Gasteiger partial charge in [-0.25, -0.2) is 9.18 Å². The van der Waals surface area contributed by atoms with Gasteiger partial charge in [-0.3, -0.25) is 0 Å². The van der Waals surface area contributed by atoms with E-state index in [1.54, 1.807) is 12.1 Å². The first-order valence-electron chi connectivity index (χ1n) is 9.00. The molecule has 28 heavy (non-hydrogen) atoms. The second-order valence-electron chi connectivity index (χ2n) is 6.63. The van der Waals surface area contributed by atoms with Gasteiger partial charge in [-0.05, 0) is 18.1 Å². The summed E-state index contributed by atoms with van der Waals surface area (Å²) in [6.45, 7) is 1.85. The number of nitrogens with zero attached hydrogens (tertiary/aromatic N) is 1. The molecule has 0 N–H and O–H groups in total. The van der Waals surface area contributed by atoms with Crippen molar-refractivity contribution in [2.75, 3.05) is 0 Å². The highest BCUT2D eigenvalue weighted by Crippen LogP contribution is 2.31. The van der Waals surface area contributed by atoms with E-state index in [9.17, 15) is 10.1 Å². The summed E-state index contributed by atoms with van der Waals surface area (Å²) in [7, 11) is 0. The second kappa shape index (κ2) is 8.49.